The van der Waals surface area contributed by atoms with Crippen molar-refractivity contribution in [3.05, 3.63) is 30.1 Å². The number of benzene rings is 1. The number of nitrogens with zero attached hydrogens (tertiary/aromatic N) is 2. The molecule has 0 aromatic heterocycles. The lowest BCUT2D eigenvalue weighted by molar-refractivity contribution is -0.144. The molecule has 0 bridgehead atoms. The van der Waals surface area contributed by atoms with Gasteiger partial charge < -0.3 is 19.9 Å². The van der Waals surface area contributed by atoms with E-state index in [1.54, 1.807) is 24.0 Å². The first-order valence-corrected chi connectivity index (χ1v) is 8.76. The highest BCUT2D eigenvalue weighted by Gasteiger charge is 2.33. The summed E-state index contributed by atoms with van der Waals surface area (Å²) in [6.45, 7) is 4.69. The first-order valence-electron chi connectivity index (χ1n) is 8.76. The molecular weight excluding hydrogens is 325 g/mol. The fraction of sp³-hybridized carbons (Fsp3) is 0.556. The smallest absolute Gasteiger partial charge is 0.263 e. The van der Waals surface area contributed by atoms with Crippen molar-refractivity contribution in [3.63, 3.8) is 0 Å². The van der Waals surface area contributed by atoms with Crippen molar-refractivity contribution < 1.29 is 18.7 Å². The number of halogens is 1. The fourth-order valence-corrected chi connectivity index (χ4v) is 3.47. The highest BCUT2D eigenvalue weighted by molar-refractivity contribution is 5.82. The molecule has 1 aromatic rings. The summed E-state index contributed by atoms with van der Waals surface area (Å²) in [4.78, 5) is 28.4. The maximum atomic E-state index is 13.2. The monoisotopic (exact) mass is 349 g/mol. The van der Waals surface area contributed by atoms with E-state index >= 15 is 0 Å². The molecule has 2 aliphatic heterocycles. The van der Waals surface area contributed by atoms with E-state index in [9.17, 15) is 14.0 Å². The van der Waals surface area contributed by atoms with Gasteiger partial charge in [0.25, 0.3) is 5.91 Å². The number of hydrogen-bond donors (Lipinski definition) is 1. The molecule has 2 unspecified atom stereocenters. The first kappa shape index (κ1) is 17.7. The van der Waals surface area contributed by atoms with E-state index in [0.29, 0.717) is 31.9 Å². The average Bonchev–Trinajstić information content (AvgIpc) is 2.61. The standard InChI is InChI=1S/C18H24FN3O3/c1-13(25-16-6-2-4-14(19)10-16)18(24)21-8-3-5-15(12-21)22-9-7-20-11-17(22)23/h2,4,6,10,13,15,20H,3,5,7-9,11-12H2,1H3. The van der Waals surface area contributed by atoms with Crippen LogP contribution in [0.2, 0.25) is 0 Å². The quantitative estimate of drug-likeness (QED) is 0.882. The minimum absolute atomic E-state index is 0.0636. The molecule has 1 aromatic carbocycles. The Morgan fingerprint density at radius 3 is 3.00 bits per heavy atom. The van der Waals surface area contributed by atoms with Crippen LogP contribution >= 0.6 is 0 Å². The van der Waals surface area contributed by atoms with Crippen LogP contribution < -0.4 is 10.1 Å². The third-order valence-corrected chi connectivity index (χ3v) is 4.73. The van der Waals surface area contributed by atoms with Crippen LogP contribution in [0.1, 0.15) is 19.8 Å². The molecule has 0 spiro atoms. The molecule has 2 atom stereocenters. The van der Waals surface area contributed by atoms with Gasteiger partial charge in [-0.15, -0.1) is 0 Å². The zero-order chi connectivity index (χ0) is 17.8. The summed E-state index contributed by atoms with van der Waals surface area (Å²) in [5.41, 5.74) is 0. The lowest BCUT2D eigenvalue weighted by atomic mass is 10.0. The molecule has 0 radical (unpaired) electrons. The van der Waals surface area contributed by atoms with E-state index < -0.39 is 11.9 Å². The van der Waals surface area contributed by atoms with Crippen molar-refractivity contribution in [2.75, 3.05) is 32.7 Å². The number of carbonyl (C=O) groups is 2. The Bertz CT molecular complexity index is 640. The second-order valence-corrected chi connectivity index (χ2v) is 6.56. The van der Waals surface area contributed by atoms with Gasteiger partial charge in [-0.3, -0.25) is 9.59 Å². The second-order valence-electron chi connectivity index (χ2n) is 6.56. The molecule has 2 saturated heterocycles. The summed E-state index contributed by atoms with van der Waals surface area (Å²) in [6.07, 6.45) is 1.08. The van der Waals surface area contributed by atoms with Crippen LogP contribution in [0.3, 0.4) is 0 Å². The number of nitrogens with one attached hydrogen (secondary N) is 1. The largest absolute Gasteiger partial charge is 0.481 e. The third kappa shape index (κ3) is 4.28. The van der Waals surface area contributed by atoms with E-state index in [4.69, 9.17) is 4.74 Å². The highest BCUT2D eigenvalue weighted by atomic mass is 19.1. The molecule has 3 rings (SSSR count). The van der Waals surface area contributed by atoms with Gasteiger partial charge in [0.05, 0.1) is 6.54 Å². The van der Waals surface area contributed by atoms with Gasteiger partial charge in [0.1, 0.15) is 11.6 Å². The zero-order valence-corrected chi connectivity index (χ0v) is 14.4. The molecule has 6 nitrogen and oxygen atoms in total. The Labute approximate surface area is 146 Å². The van der Waals surface area contributed by atoms with Gasteiger partial charge in [0, 0.05) is 38.3 Å². The van der Waals surface area contributed by atoms with Crippen LogP contribution in [0.15, 0.2) is 24.3 Å². The number of piperazine rings is 1. The molecule has 2 aliphatic rings. The van der Waals surface area contributed by atoms with Crippen LogP contribution in [-0.4, -0.2) is 66.5 Å². The normalized spacial score (nSPS) is 22.6. The summed E-state index contributed by atoms with van der Waals surface area (Å²) in [7, 11) is 0. The van der Waals surface area contributed by atoms with Crippen LogP contribution in [0.25, 0.3) is 0 Å². The molecule has 0 aliphatic carbocycles. The minimum Gasteiger partial charge on any atom is -0.481 e. The van der Waals surface area contributed by atoms with E-state index in [-0.39, 0.29) is 17.9 Å². The number of likely N-dealkylation sites (tertiary alicyclic amines) is 1. The number of carbonyl (C=O) groups excluding carboxylic acids is 2. The minimum atomic E-state index is -0.695. The molecule has 1 N–H and O–H groups in total. The summed E-state index contributed by atoms with van der Waals surface area (Å²) >= 11 is 0. The lowest BCUT2D eigenvalue weighted by Gasteiger charge is -2.41. The van der Waals surface area contributed by atoms with Gasteiger partial charge in [0.15, 0.2) is 6.10 Å². The van der Waals surface area contributed by atoms with Crippen molar-refractivity contribution in [2.45, 2.75) is 31.9 Å². The number of piperidine rings is 1. The van der Waals surface area contributed by atoms with Crippen LogP contribution in [0, 0.1) is 5.82 Å². The molecule has 2 heterocycles. The Morgan fingerprint density at radius 2 is 2.24 bits per heavy atom. The van der Waals surface area contributed by atoms with Crippen molar-refractivity contribution >= 4 is 11.8 Å². The van der Waals surface area contributed by atoms with Crippen molar-refractivity contribution in [2.24, 2.45) is 0 Å². The maximum Gasteiger partial charge on any atom is 0.263 e. The SMILES string of the molecule is CC(Oc1cccc(F)c1)C(=O)N1CCCC(N2CCNCC2=O)C1. The van der Waals surface area contributed by atoms with Gasteiger partial charge >= 0.3 is 0 Å². The summed E-state index contributed by atoms with van der Waals surface area (Å²) < 4.78 is 18.8. The average molecular weight is 349 g/mol. The van der Waals surface area contributed by atoms with Gasteiger partial charge in [-0.1, -0.05) is 6.07 Å². The molecule has 7 heteroatoms. The van der Waals surface area contributed by atoms with Crippen LogP contribution in [0.5, 0.6) is 5.75 Å². The Hall–Kier alpha value is -2.15. The van der Waals surface area contributed by atoms with Crippen molar-refractivity contribution in [1.29, 1.82) is 0 Å². The van der Waals surface area contributed by atoms with E-state index in [2.05, 4.69) is 5.32 Å². The first-order chi connectivity index (χ1) is 12.0. The highest BCUT2D eigenvalue weighted by Crippen LogP contribution is 2.20. The molecule has 25 heavy (non-hydrogen) atoms. The zero-order valence-electron chi connectivity index (χ0n) is 14.4. The lowest BCUT2D eigenvalue weighted by Crippen LogP contribution is -2.58. The Morgan fingerprint density at radius 1 is 1.40 bits per heavy atom. The summed E-state index contributed by atoms with van der Waals surface area (Å²) in [5.74, 6) is -0.0924. The number of rotatable bonds is 4. The number of ether oxygens (including phenoxy) is 1. The van der Waals surface area contributed by atoms with Crippen LogP contribution in [-0.2, 0) is 9.59 Å². The van der Waals surface area contributed by atoms with E-state index in [0.717, 1.165) is 19.4 Å². The topological polar surface area (TPSA) is 61.9 Å². The van der Waals surface area contributed by atoms with Gasteiger partial charge in [-0.2, -0.15) is 0 Å². The molecular formula is C18H24FN3O3. The summed E-state index contributed by atoms with van der Waals surface area (Å²) in [6, 6.07) is 5.84. The third-order valence-electron chi connectivity index (χ3n) is 4.73. The predicted molar refractivity (Wildman–Crippen MR) is 90.7 cm³/mol. The maximum absolute atomic E-state index is 13.2. The number of amides is 2. The molecule has 136 valence electrons. The van der Waals surface area contributed by atoms with Crippen molar-refractivity contribution in [1.82, 2.24) is 15.1 Å². The van der Waals surface area contributed by atoms with E-state index in [1.165, 1.54) is 12.1 Å². The summed E-state index contributed by atoms with van der Waals surface area (Å²) in [5, 5.41) is 3.07. The van der Waals surface area contributed by atoms with Gasteiger partial charge in [0.2, 0.25) is 5.91 Å². The van der Waals surface area contributed by atoms with Gasteiger partial charge in [-0.25, -0.2) is 4.39 Å². The molecule has 0 saturated carbocycles. The van der Waals surface area contributed by atoms with Crippen molar-refractivity contribution in [3.8, 4) is 5.75 Å². The van der Waals surface area contributed by atoms with Gasteiger partial charge in [-0.05, 0) is 31.9 Å². The Kier molecular flexibility index (Phi) is 5.53. The fourth-order valence-electron chi connectivity index (χ4n) is 3.47. The second kappa shape index (κ2) is 7.82. The van der Waals surface area contributed by atoms with Crippen LogP contribution in [0.4, 0.5) is 4.39 Å². The Balaban J connectivity index is 1.60. The molecule has 2 amide bonds. The predicted octanol–water partition coefficient (Wildman–Crippen LogP) is 1.02. The molecule has 2 fully saturated rings. The number of hydrogen-bond acceptors (Lipinski definition) is 4. The van der Waals surface area contributed by atoms with E-state index in [1.807, 2.05) is 4.90 Å².